The first-order chi connectivity index (χ1) is 5.99. The van der Waals surface area contributed by atoms with Crippen molar-refractivity contribution in [2.45, 2.75) is 26.3 Å². The lowest BCUT2D eigenvalue weighted by Gasteiger charge is -2.22. The molecule has 0 fully saturated rings. The molecule has 78 valence electrons. The maximum atomic E-state index is 10.6. The van der Waals surface area contributed by atoms with E-state index in [-0.39, 0.29) is 6.54 Å². The highest BCUT2D eigenvalue weighted by atomic mass is 16.4. The lowest BCUT2D eigenvalue weighted by atomic mass is 10.1. The number of nitrogens with zero attached hydrogens (tertiary/aromatic N) is 1. The highest BCUT2D eigenvalue weighted by Crippen LogP contribution is 2.04. The minimum Gasteiger partial charge on any atom is -0.481 e. The third kappa shape index (κ3) is 4.85. The molecule has 1 unspecified atom stereocenters. The molecule has 0 rings (SSSR count). The molecule has 0 aromatic carbocycles. The second kappa shape index (κ2) is 5.94. The standard InChI is InChI=1S/C9H20N2O2/c1-7(2)11(3)5-4-8(6-10)9(12)13/h7-8H,4-6,10H2,1-3H3,(H,12,13). The van der Waals surface area contributed by atoms with E-state index in [0.29, 0.717) is 12.5 Å². The van der Waals surface area contributed by atoms with Gasteiger partial charge in [0.25, 0.3) is 0 Å². The Hall–Kier alpha value is -0.610. The zero-order valence-electron chi connectivity index (χ0n) is 8.66. The van der Waals surface area contributed by atoms with Gasteiger partial charge in [-0.25, -0.2) is 0 Å². The molecule has 0 aliphatic heterocycles. The van der Waals surface area contributed by atoms with Crippen molar-refractivity contribution in [3.63, 3.8) is 0 Å². The lowest BCUT2D eigenvalue weighted by molar-refractivity contribution is -0.141. The fourth-order valence-electron chi connectivity index (χ4n) is 0.960. The van der Waals surface area contributed by atoms with Crippen molar-refractivity contribution >= 4 is 5.97 Å². The largest absolute Gasteiger partial charge is 0.481 e. The molecule has 0 saturated carbocycles. The zero-order chi connectivity index (χ0) is 10.4. The van der Waals surface area contributed by atoms with Gasteiger partial charge >= 0.3 is 5.97 Å². The smallest absolute Gasteiger partial charge is 0.307 e. The number of carboxylic acids is 1. The van der Waals surface area contributed by atoms with E-state index in [9.17, 15) is 4.79 Å². The molecule has 0 bridgehead atoms. The quantitative estimate of drug-likeness (QED) is 0.632. The Labute approximate surface area is 79.7 Å². The highest BCUT2D eigenvalue weighted by molar-refractivity contribution is 5.70. The van der Waals surface area contributed by atoms with Crippen LogP contribution in [0.5, 0.6) is 0 Å². The van der Waals surface area contributed by atoms with Gasteiger partial charge in [0, 0.05) is 12.6 Å². The van der Waals surface area contributed by atoms with Crippen LogP contribution in [0.3, 0.4) is 0 Å². The summed E-state index contributed by atoms with van der Waals surface area (Å²) in [7, 11) is 1.99. The van der Waals surface area contributed by atoms with Gasteiger partial charge in [0.15, 0.2) is 0 Å². The van der Waals surface area contributed by atoms with E-state index in [4.69, 9.17) is 10.8 Å². The molecule has 0 aliphatic carbocycles. The predicted molar refractivity (Wildman–Crippen MR) is 52.6 cm³/mol. The van der Waals surface area contributed by atoms with Gasteiger partial charge in [-0.2, -0.15) is 0 Å². The maximum Gasteiger partial charge on any atom is 0.307 e. The molecular weight excluding hydrogens is 168 g/mol. The second-order valence-electron chi connectivity index (χ2n) is 3.63. The summed E-state index contributed by atoms with van der Waals surface area (Å²) in [4.78, 5) is 12.7. The van der Waals surface area contributed by atoms with E-state index in [1.54, 1.807) is 0 Å². The summed E-state index contributed by atoms with van der Waals surface area (Å²) in [5, 5.41) is 8.73. The van der Waals surface area contributed by atoms with Crippen LogP contribution in [0.15, 0.2) is 0 Å². The van der Waals surface area contributed by atoms with Gasteiger partial charge in [-0.05, 0) is 33.9 Å². The molecule has 0 aliphatic rings. The van der Waals surface area contributed by atoms with Crippen LogP contribution in [-0.4, -0.2) is 42.2 Å². The van der Waals surface area contributed by atoms with Gasteiger partial charge in [-0.1, -0.05) is 0 Å². The molecule has 3 N–H and O–H groups in total. The summed E-state index contributed by atoms with van der Waals surface area (Å²) < 4.78 is 0. The van der Waals surface area contributed by atoms with Crippen LogP contribution in [0.1, 0.15) is 20.3 Å². The molecular formula is C9H20N2O2. The van der Waals surface area contributed by atoms with Gasteiger partial charge in [-0.15, -0.1) is 0 Å². The number of hydrogen-bond donors (Lipinski definition) is 2. The van der Waals surface area contributed by atoms with E-state index < -0.39 is 11.9 Å². The minimum atomic E-state index is -0.792. The van der Waals surface area contributed by atoms with Crippen LogP contribution < -0.4 is 5.73 Å². The molecule has 13 heavy (non-hydrogen) atoms. The van der Waals surface area contributed by atoms with Gasteiger partial charge in [-0.3, -0.25) is 4.79 Å². The Balaban J connectivity index is 3.78. The molecule has 0 aromatic rings. The maximum absolute atomic E-state index is 10.6. The van der Waals surface area contributed by atoms with E-state index in [2.05, 4.69) is 18.7 Å². The number of rotatable bonds is 6. The molecule has 0 radical (unpaired) electrons. The Kier molecular flexibility index (Phi) is 5.66. The molecule has 0 heterocycles. The van der Waals surface area contributed by atoms with Crippen molar-refractivity contribution in [1.29, 1.82) is 0 Å². The molecule has 0 amide bonds. The highest BCUT2D eigenvalue weighted by Gasteiger charge is 2.16. The van der Waals surface area contributed by atoms with Crippen LogP contribution in [0, 0.1) is 5.92 Å². The summed E-state index contributed by atoms with van der Waals surface area (Å²) in [5.74, 6) is -1.19. The van der Waals surface area contributed by atoms with Crippen LogP contribution in [0.4, 0.5) is 0 Å². The van der Waals surface area contributed by atoms with Crippen molar-refractivity contribution in [2.24, 2.45) is 11.7 Å². The minimum absolute atomic E-state index is 0.223. The van der Waals surface area contributed by atoms with Gasteiger partial charge in [0.05, 0.1) is 5.92 Å². The fraction of sp³-hybridized carbons (Fsp3) is 0.889. The van der Waals surface area contributed by atoms with E-state index >= 15 is 0 Å². The fourth-order valence-corrected chi connectivity index (χ4v) is 0.960. The van der Waals surface area contributed by atoms with Gasteiger partial charge in [0.2, 0.25) is 0 Å². The van der Waals surface area contributed by atoms with Gasteiger partial charge < -0.3 is 15.7 Å². The predicted octanol–water partition coefficient (Wildman–Crippen LogP) is 0.376. The Bertz CT molecular complexity index is 160. The molecule has 0 aromatic heterocycles. The summed E-state index contributed by atoms with van der Waals surface area (Å²) in [6.45, 7) is 5.17. The summed E-state index contributed by atoms with van der Waals surface area (Å²) in [5.41, 5.74) is 5.34. The zero-order valence-corrected chi connectivity index (χ0v) is 8.66. The monoisotopic (exact) mass is 188 g/mol. The third-order valence-electron chi connectivity index (χ3n) is 2.35. The van der Waals surface area contributed by atoms with E-state index in [1.165, 1.54) is 0 Å². The molecule has 0 spiro atoms. The molecule has 4 heteroatoms. The Morgan fingerprint density at radius 1 is 1.54 bits per heavy atom. The number of hydrogen-bond acceptors (Lipinski definition) is 3. The molecule has 1 atom stereocenters. The summed E-state index contributed by atoms with van der Waals surface area (Å²) in [6, 6.07) is 0.451. The first-order valence-electron chi connectivity index (χ1n) is 4.62. The van der Waals surface area contributed by atoms with Crippen molar-refractivity contribution in [2.75, 3.05) is 20.1 Å². The number of nitrogens with two attached hydrogens (primary N) is 1. The second-order valence-corrected chi connectivity index (χ2v) is 3.63. The van der Waals surface area contributed by atoms with Gasteiger partial charge in [0.1, 0.15) is 0 Å². The Morgan fingerprint density at radius 3 is 2.38 bits per heavy atom. The first kappa shape index (κ1) is 12.4. The third-order valence-corrected chi connectivity index (χ3v) is 2.35. The molecule has 4 nitrogen and oxygen atoms in total. The first-order valence-corrected chi connectivity index (χ1v) is 4.62. The van der Waals surface area contributed by atoms with E-state index in [0.717, 1.165) is 6.54 Å². The Morgan fingerprint density at radius 2 is 2.08 bits per heavy atom. The lowest BCUT2D eigenvalue weighted by Crippen LogP contribution is -2.32. The van der Waals surface area contributed by atoms with Crippen molar-refractivity contribution < 1.29 is 9.90 Å². The number of aliphatic carboxylic acids is 1. The SMILES string of the molecule is CC(C)N(C)CCC(CN)C(=O)O. The van der Waals surface area contributed by atoms with Crippen molar-refractivity contribution in [1.82, 2.24) is 4.90 Å². The number of carbonyl (C=O) groups is 1. The topological polar surface area (TPSA) is 66.6 Å². The molecule has 0 saturated heterocycles. The average molecular weight is 188 g/mol. The van der Waals surface area contributed by atoms with Crippen molar-refractivity contribution in [3.05, 3.63) is 0 Å². The average Bonchev–Trinajstić information content (AvgIpc) is 2.04. The van der Waals surface area contributed by atoms with Crippen LogP contribution in [0.25, 0.3) is 0 Å². The van der Waals surface area contributed by atoms with Crippen LogP contribution in [-0.2, 0) is 4.79 Å². The van der Waals surface area contributed by atoms with Crippen LogP contribution >= 0.6 is 0 Å². The summed E-state index contributed by atoms with van der Waals surface area (Å²) >= 11 is 0. The normalized spacial score (nSPS) is 13.7. The summed E-state index contributed by atoms with van der Waals surface area (Å²) in [6.07, 6.45) is 0.626. The number of carboxylic acid groups (broad SMARTS) is 1. The van der Waals surface area contributed by atoms with E-state index in [1.807, 2.05) is 7.05 Å². The van der Waals surface area contributed by atoms with Crippen molar-refractivity contribution in [3.8, 4) is 0 Å². The van der Waals surface area contributed by atoms with Crippen LogP contribution in [0.2, 0.25) is 0 Å².